The van der Waals surface area contributed by atoms with Crippen molar-refractivity contribution in [3.8, 4) is 5.69 Å². The molecule has 1 aromatic carbocycles. The van der Waals surface area contributed by atoms with E-state index >= 15 is 0 Å². The summed E-state index contributed by atoms with van der Waals surface area (Å²) in [6, 6.07) is 6.30. The lowest BCUT2D eigenvalue weighted by molar-refractivity contribution is 0.0174. The number of benzene rings is 1. The lowest BCUT2D eigenvalue weighted by Gasteiger charge is -2.12. The van der Waals surface area contributed by atoms with Crippen LogP contribution in [0.25, 0.3) is 5.69 Å². The molecule has 6 heteroatoms. The number of hydrogen-bond donors (Lipinski definition) is 0. The van der Waals surface area contributed by atoms with E-state index in [0.29, 0.717) is 12.2 Å². The highest BCUT2D eigenvalue weighted by Gasteiger charge is 2.24. The first-order valence-electron chi connectivity index (χ1n) is 6.50. The molecule has 108 valence electrons. The Balaban J connectivity index is 1.86. The van der Waals surface area contributed by atoms with Gasteiger partial charge in [0.2, 0.25) is 0 Å². The summed E-state index contributed by atoms with van der Waals surface area (Å²) in [5.74, 6) is -2.85. The topological polar surface area (TPSA) is 35.6 Å². The number of aromatic nitrogens is 4. The van der Waals surface area contributed by atoms with Gasteiger partial charge in [-0.25, -0.2) is 18.7 Å². The van der Waals surface area contributed by atoms with Crippen LogP contribution in [-0.2, 0) is 12.5 Å². The van der Waals surface area contributed by atoms with Gasteiger partial charge in [0.25, 0.3) is 5.92 Å². The van der Waals surface area contributed by atoms with Crippen molar-refractivity contribution in [2.45, 2.75) is 19.4 Å². The van der Waals surface area contributed by atoms with Gasteiger partial charge in [0, 0.05) is 36.8 Å². The van der Waals surface area contributed by atoms with Crippen LogP contribution in [-0.4, -0.2) is 19.1 Å². The number of hydrogen-bond acceptors (Lipinski definition) is 2. The van der Waals surface area contributed by atoms with E-state index in [-0.39, 0.29) is 5.56 Å². The minimum absolute atomic E-state index is 0.00939. The summed E-state index contributed by atoms with van der Waals surface area (Å²) in [7, 11) is 0. The fraction of sp³-hybridized carbons (Fsp3) is 0.200. The van der Waals surface area contributed by atoms with Gasteiger partial charge >= 0.3 is 0 Å². The second-order valence-electron chi connectivity index (χ2n) is 4.95. The summed E-state index contributed by atoms with van der Waals surface area (Å²) in [4.78, 5) is 8.25. The van der Waals surface area contributed by atoms with E-state index in [1.807, 2.05) is 17.0 Å². The number of nitrogens with zero attached hydrogens (tertiary/aromatic N) is 4. The van der Waals surface area contributed by atoms with Crippen molar-refractivity contribution >= 4 is 0 Å². The summed E-state index contributed by atoms with van der Waals surface area (Å²) in [5, 5.41) is 0. The van der Waals surface area contributed by atoms with Gasteiger partial charge in [0.1, 0.15) is 0 Å². The number of alkyl halides is 2. The maximum absolute atomic E-state index is 13.4. The van der Waals surface area contributed by atoms with Crippen molar-refractivity contribution in [3.63, 3.8) is 0 Å². The zero-order chi connectivity index (χ0) is 14.9. The highest BCUT2D eigenvalue weighted by atomic mass is 19.3. The SMILES string of the molecule is CC(F)(F)c1cccc(-n2cnc(Cn3ccnc3)c2)c1. The first-order chi connectivity index (χ1) is 10.0. The Morgan fingerprint density at radius 2 is 2.10 bits per heavy atom. The standard InChI is InChI=1S/C15H14F2N4/c1-15(16,17)12-3-2-4-14(7-12)21-9-13(19-11-21)8-20-6-5-18-10-20/h2-7,9-11H,8H2,1H3. The molecular weight excluding hydrogens is 274 g/mol. The molecule has 2 heterocycles. The minimum Gasteiger partial charge on any atom is -0.331 e. The Labute approximate surface area is 120 Å². The van der Waals surface area contributed by atoms with Crippen LogP contribution in [0, 0.1) is 0 Å². The van der Waals surface area contributed by atoms with Crippen molar-refractivity contribution in [2.75, 3.05) is 0 Å². The molecule has 0 amide bonds. The zero-order valence-electron chi connectivity index (χ0n) is 11.4. The molecule has 0 atom stereocenters. The van der Waals surface area contributed by atoms with Gasteiger partial charge in [-0.1, -0.05) is 12.1 Å². The van der Waals surface area contributed by atoms with Crippen molar-refractivity contribution in [1.82, 2.24) is 19.1 Å². The third-order valence-electron chi connectivity index (χ3n) is 3.19. The lowest BCUT2D eigenvalue weighted by atomic mass is 10.1. The molecule has 0 bridgehead atoms. The fourth-order valence-electron chi connectivity index (χ4n) is 2.09. The Bertz CT molecular complexity index is 726. The monoisotopic (exact) mass is 288 g/mol. The average Bonchev–Trinajstić information content (AvgIpc) is 3.10. The van der Waals surface area contributed by atoms with Gasteiger partial charge in [0.15, 0.2) is 0 Å². The second kappa shape index (κ2) is 5.12. The Morgan fingerprint density at radius 3 is 2.81 bits per heavy atom. The van der Waals surface area contributed by atoms with E-state index in [2.05, 4.69) is 9.97 Å². The third kappa shape index (κ3) is 2.99. The normalized spacial score (nSPS) is 11.8. The molecular formula is C15H14F2N4. The average molecular weight is 288 g/mol. The number of imidazole rings is 2. The highest BCUT2D eigenvalue weighted by Crippen LogP contribution is 2.28. The van der Waals surface area contributed by atoms with Crippen LogP contribution in [0.3, 0.4) is 0 Å². The van der Waals surface area contributed by atoms with E-state index in [9.17, 15) is 8.78 Å². The Hall–Kier alpha value is -2.50. The molecule has 0 unspecified atom stereocenters. The molecule has 0 saturated carbocycles. The van der Waals surface area contributed by atoms with Crippen LogP contribution < -0.4 is 0 Å². The van der Waals surface area contributed by atoms with Gasteiger partial charge in [-0.15, -0.1) is 0 Å². The molecule has 4 nitrogen and oxygen atoms in total. The summed E-state index contributed by atoms with van der Waals surface area (Å²) in [5.41, 5.74) is 1.49. The summed E-state index contributed by atoms with van der Waals surface area (Å²) >= 11 is 0. The van der Waals surface area contributed by atoms with Gasteiger partial charge in [-0.05, 0) is 12.1 Å². The highest BCUT2D eigenvalue weighted by molar-refractivity contribution is 5.37. The van der Waals surface area contributed by atoms with Gasteiger partial charge in [-0.2, -0.15) is 0 Å². The van der Waals surface area contributed by atoms with Crippen molar-refractivity contribution < 1.29 is 8.78 Å². The van der Waals surface area contributed by atoms with Gasteiger partial charge < -0.3 is 9.13 Å². The van der Waals surface area contributed by atoms with Crippen LogP contribution in [0.5, 0.6) is 0 Å². The van der Waals surface area contributed by atoms with Crippen LogP contribution in [0.1, 0.15) is 18.2 Å². The quantitative estimate of drug-likeness (QED) is 0.739. The molecule has 0 aliphatic heterocycles. The van der Waals surface area contributed by atoms with Crippen LogP contribution in [0.2, 0.25) is 0 Å². The van der Waals surface area contributed by atoms with Crippen LogP contribution >= 0.6 is 0 Å². The van der Waals surface area contributed by atoms with Gasteiger partial charge in [-0.3, -0.25) is 0 Å². The third-order valence-corrected chi connectivity index (χ3v) is 3.19. The lowest BCUT2D eigenvalue weighted by Crippen LogP contribution is -2.07. The Kier molecular flexibility index (Phi) is 3.29. The molecule has 0 radical (unpaired) electrons. The van der Waals surface area contributed by atoms with E-state index in [4.69, 9.17) is 0 Å². The van der Waals surface area contributed by atoms with E-state index in [1.165, 1.54) is 12.1 Å². The maximum Gasteiger partial charge on any atom is 0.270 e. The molecule has 0 aliphatic rings. The molecule has 3 aromatic rings. The molecule has 0 saturated heterocycles. The van der Waals surface area contributed by atoms with Gasteiger partial charge in [0.05, 0.1) is 24.9 Å². The molecule has 0 fully saturated rings. The summed E-state index contributed by atoms with van der Waals surface area (Å²) in [6.07, 6.45) is 8.70. The van der Waals surface area contributed by atoms with E-state index in [0.717, 1.165) is 12.6 Å². The minimum atomic E-state index is -2.85. The maximum atomic E-state index is 13.4. The van der Waals surface area contributed by atoms with Crippen molar-refractivity contribution in [1.29, 1.82) is 0 Å². The molecule has 3 rings (SSSR count). The van der Waals surface area contributed by atoms with Crippen LogP contribution in [0.15, 0.2) is 55.5 Å². The number of rotatable bonds is 4. The summed E-state index contributed by atoms with van der Waals surface area (Å²) in [6.45, 7) is 1.49. The molecule has 0 N–H and O–H groups in total. The number of halogens is 2. The first kappa shape index (κ1) is 13.5. The molecule has 0 spiro atoms. The van der Waals surface area contributed by atoms with Crippen molar-refractivity contribution in [3.05, 3.63) is 66.8 Å². The predicted molar refractivity (Wildman–Crippen MR) is 74.5 cm³/mol. The largest absolute Gasteiger partial charge is 0.331 e. The zero-order valence-corrected chi connectivity index (χ0v) is 11.4. The van der Waals surface area contributed by atoms with E-state index in [1.54, 1.807) is 35.6 Å². The van der Waals surface area contributed by atoms with Crippen LogP contribution in [0.4, 0.5) is 8.78 Å². The second-order valence-corrected chi connectivity index (χ2v) is 4.95. The van der Waals surface area contributed by atoms with Crippen molar-refractivity contribution in [2.24, 2.45) is 0 Å². The predicted octanol–water partition coefficient (Wildman–Crippen LogP) is 3.23. The Morgan fingerprint density at radius 1 is 1.24 bits per heavy atom. The van der Waals surface area contributed by atoms with E-state index < -0.39 is 5.92 Å². The molecule has 2 aromatic heterocycles. The smallest absolute Gasteiger partial charge is 0.270 e. The molecule has 21 heavy (non-hydrogen) atoms. The first-order valence-corrected chi connectivity index (χ1v) is 6.50. The fourth-order valence-corrected chi connectivity index (χ4v) is 2.09. The summed E-state index contributed by atoms with van der Waals surface area (Å²) < 4.78 is 30.4. The molecule has 0 aliphatic carbocycles.